The van der Waals surface area contributed by atoms with Gasteiger partial charge in [-0.05, 0) is 31.2 Å². The summed E-state index contributed by atoms with van der Waals surface area (Å²) in [5.74, 6) is 0.319. The first kappa shape index (κ1) is 18.3. The van der Waals surface area contributed by atoms with Crippen molar-refractivity contribution in [2.75, 3.05) is 27.9 Å². The van der Waals surface area contributed by atoms with E-state index in [0.29, 0.717) is 29.3 Å². The van der Waals surface area contributed by atoms with Crippen molar-refractivity contribution in [2.24, 2.45) is 0 Å². The molecule has 6 nitrogen and oxygen atoms in total. The molecule has 0 saturated heterocycles. The molecule has 1 amide bonds. The molecule has 0 unspecified atom stereocenters. The summed E-state index contributed by atoms with van der Waals surface area (Å²) in [4.78, 5) is 26.5. The van der Waals surface area contributed by atoms with Gasteiger partial charge in [-0.1, -0.05) is 6.08 Å². The van der Waals surface area contributed by atoms with E-state index < -0.39 is 5.97 Å². The fraction of sp³-hybridized carbons (Fsp3) is 0.263. The lowest BCUT2D eigenvalue weighted by molar-refractivity contribution is -0.136. The summed E-state index contributed by atoms with van der Waals surface area (Å²) < 4.78 is 15.4. The molecule has 1 aliphatic heterocycles. The smallest absolute Gasteiger partial charge is 0.340 e. The number of rotatable bonds is 6. The lowest BCUT2D eigenvalue weighted by Gasteiger charge is -2.14. The van der Waals surface area contributed by atoms with E-state index in [1.807, 2.05) is 0 Å². The normalized spacial score (nSPS) is 15.6. The molecule has 1 heterocycles. The van der Waals surface area contributed by atoms with Crippen LogP contribution in [0.4, 0.5) is 0 Å². The van der Waals surface area contributed by atoms with Crippen molar-refractivity contribution in [1.29, 1.82) is 0 Å². The molecule has 0 N–H and O–H groups in total. The maximum absolute atomic E-state index is 12.8. The molecule has 132 valence electrons. The minimum atomic E-state index is -0.564. The van der Waals surface area contributed by atoms with E-state index >= 15 is 0 Å². The van der Waals surface area contributed by atoms with Gasteiger partial charge in [0.1, 0.15) is 11.5 Å². The van der Waals surface area contributed by atoms with Crippen LogP contribution in [0.25, 0.3) is 6.08 Å². The summed E-state index contributed by atoms with van der Waals surface area (Å²) in [6, 6.07) is 5.23. The van der Waals surface area contributed by atoms with Crippen molar-refractivity contribution in [2.45, 2.75) is 6.92 Å². The average Bonchev–Trinajstić information content (AvgIpc) is 2.85. The molecule has 0 spiro atoms. The lowest BCUT2D eigenvalue weighted by atomic mass is 10.0. The average molecular weight is 343 g/mol. The van der Waals surface area contributed by atoms with Crippen LogP contribution < -0.4 is 9.47 Å². The number of amides is 1. The van der Waals surface area contributed by atoms with E-state index in [2.05, 4.69) is 6.58 Å². The zero-order valence-corrected chi connectivity index (χ0v) is 14.8. The Labute approximate surface area is 147 Å². The Morgan fingerprint density at radius 2 is 1.96 bits per heavy atom. The summed E-state index contributed by atoms with van der Waals surface area (Å²) in [7, 11) is 4.37. The number of carbonyl (C=O) groups excluding carboxylic acids is 2. The van der Waals surface area contributed by atoms with Crippen LogP contribution in [-0.4, -0.2) is 44.7 Å². The number of hydrogen-bond donors (Lipinski definition) is 0. The molecule has 1 aromatic rings. The van der Waals surface area contributed by atoms with Gasteiger partial charge in [-0.3, -0.25) is 4.79 Å². The maximum atomic E-state index is 12.8. The van der Waals surface area contributed by atoms with Gasteiger partial charge in [0.25, 0.3) is 5.91 Å². The Hall–Kier alpha value is -3.02. The maximum Gasteiger partial charge on any atom is 0.340 e. The minimum Gasteiger partial charge on any atom is -0.497 e. The number of allylic oxidation sites excluding steroid dienone is 1. The van der Waals surface area contributed by atoms with Gasteiger partial charge in [-0.2, -0.15) is 0 Å². The van der Waals surface area contributed by atoms with Gasteiger partial charge in [-0.25, -0.2) is 4.79 Å². The van der Waals surface area contributed by atoms with Crippen LogP contribution in [-0.2, 0) is 14.3 Å². The van der Waals surface area contributed by atoms with Gasteiger partial charge in [0.2, 0.25) is 0 Å². The van der Waals surface area contributed by atoms with Crippen molar-refractivity contribution in [3.8, 4) is 11.5 Å². The van der Waals surface area contributed by atoms with Crippen LogP contribution in [0.3, 0.4) is 0 Å². The largest absolute Gasteiger partial charge is 0.497 e. The molecule has 1 aliphatic rings. The van der Waals surface area contributed by atoms with E-state index in [1.54, 1.807) is 44.4 Å². The van der Waals surface area contributed by atoms with E-state index in [-0.39, 0.29) is 17.1 Å². The molecule has 0 fully saturated rings. The summed E-state index contributed by atoms with van der Waals surface area (Å²) in [5, 5.41) is 0. The topological polar surface area (TPSA) is 65.1 Å². The highest BCUT2D eigenvalue weighted by atomic mass is 16.5. The fourth-order valence-corrected chi connectivity index (χ4v) is 2.68. The highest BCUT2D eigenvalue weighted by Gasteiger charge is 2.36. The standard InChI is InChI=1S/C19H21NO5/c1-6-9-20-12(2)17(19(22)25-5)15(18(20)21)11-13-10-14(23-3)7-8-16(13)24-4/h6-8,10-11H,1,9H2,2-5H3. The van der Waals surface area contributed by atoms with E-state index in [1.165, 1.54) is 19.1 Å². The monoisotopic (exact) mass is 343 g/mol. The quantitative estimate of drug-likeness (QED) is 0.451. The number of esters is 1. The Morgan fingerprint density at radius 1 is 1.24 bits per heavy atom. The molecule has 0 radical (unpaired) electrons. The summed E-state index contributed by atoms with van der Waals surface area (Å²) in [5.41, 5.74) is 1.64. The second-order valence-electron chi connectivity index (χ2n) is 5.32. The van der Waals surface area contributed by atoms with Gasteiger partial charge in [-0.15, -0.1) is 6.58 Å². The lowest BCUT2D eigenvalue weighted by Crippen LogP contribution is -2.25. The van der Waals surface area contributed by atoms with Gasteiger partial charge in [0, 0.05) is 17.8 Å². The number of nitrogens with zero attached hydrogens (tertiary/aromatic N) is 1. The number of hydrogen-bond acceptors (Lipinski definition) is 5. The molecule has 0 atom stereocenters. The van der Waals surface area contributed by atoms with Crippen molar-refractivity contribution in [3.05, 3.63) is 53.3 Å². The molecule has 0 saturated carbocycles. The SMILES string of the molecule is C=CCN1C(=O)C(=Cc2cc(OC)ccc2OC)C(C(=O)OC)=C1C. The van der Waals surface area contributed by atoms with Crippen LogP contribution in [0.15, 0.2) is 47.7 Å². The molecule has 25 heavy (non-hydrogen) atoms. The molecule has 1 aromatic carbocycles. The Bertz CT molecular complexity index is 776. The highest BCUT2D eigenvalue weighted by Crippen LogP contribution is 2.34. The van der Waals surface area contributed by atoms with Crippen molar-refractivity contribution in [3.63, 3.8) is 0 Å². The van der Waals surface area contributed by atoms with Crippen molar-refractivity contribution >= 4 is 18.0 Å². The van der Waals surface area contributed by atoms with E-state index in [0.717, 1.165) is 0 Å². The first-order valence-electron chi connectivity index (χ1n) is 7.64. The third-order valence-electron chi connectivity index (χ3n) is 3.95. The number of benzene rings is 1. The first-order valence-corrected chi connectivity index (χ1v) is 7.64. The Kier molecular flexibility index (Phi) is 5.64. The van der Waals surface area contributed by atoms with E-state index in [4.69, 9.17) is 14.2 Å². The highest BCUT2D eigenvalue weighted by molar-refractivity contribution is 6.16. The molecule has 0 bridgehead atoms. The van der Waals surface area contributed by atoms with Gasteiger partial charge in [0.05, 0.1) is 32.5 Å². The summed E-state index contributed by atoms with van der Waals surface area (Å²) in [6.07, 6.45) is 3.22. The Morgan fingerprint density at radius 3 is 2.52 bits per heavy atom. The van der Waals surface area contributed by atoms with Gasteiger partial charge in [0.15, 0.2) is 0 Å². The Balaban J connectivity index is 2.62. The van der Waals surface area contributed by atoms with Gasteiger partial charge < -0.3 is 19.1 Å². The molecule has 0 aliphatic carbocycles. The third kappa shape index (κ3) is 3.42. The zero-order chi connectivity index (χ0) is 18.6. The first-order chi connectivity index (χ1) is 12.0. The zero-order valence-electron chi connectivity index (χ0n) is 14.8. The summed E-state index contributed by atoms with van der Waals surface area (Å²) in [6.45, 7) is 5.66. The predicted octanol–water partition coefficient (Wildman–Crippen LogP) is 2.56. The molecular weight excluding hydrogens is 322 g/mol. The van der Waals surface area contributed by atoms with Crippen LogP contribution in [0, 0.1) is 0 Å². The van der Waals surface area contributed by atoms with Crippen LogP contribution in [0.1, 0.15) is 12.5 Å². The number of carbonyl (C=O) groups is 2. The van der Waals surface area contributed by atoms with Crippen molar-refractivity contribution in [1.82, 2.24) is 4.90 Å². The van der Waals surface area contributed by atoms with Gasteiger partial charge >= 0.3 is 5.97 Å². The molecular formula is C19H21NO5. The second kappa shape index (κ2) is 7.70. The molecule has 6 heteroatoms. The number of ether oxygens (including phenoxy) is 3. The van der Waals surface area contributed by atoms with E-state index in [9.17, 15) is 9.59 Å². The van der Waals surface area contributed by atoms with Crippen LogP contribution in [0.5, 0.6) is 11.5 Å². The summed E-state index contributed by atoms with van der Waals surface area (Å²) >= 11 is 0. The second-order valence-corrected chi connectivity index (χ2v) is 5.32. The molecule has 0 aromatic heterocycles. The number of methoxy groups -OCH3 is 3. The molecule has 2 rings (SSSR count). The fourth-order valence-electron chi connectivity index (χ4n) is 2.68. The van der Waals surface area contributed by atoms with Crippen molar-refractivity contribution < 1.29 is 23.8 Å². The minimum absolute atomic E-state index is 0.235. The predicted molar refractivity (Wildman–Crippen MR) is 94.1 cm³/mol. The third-order valence-corrected chi connectivity index (χ3v) is 3.95. The van der Waals surface area contributed by atoms with Crippen LogP contribution >= 0.6 is 0 Å². The van der Waals surface area contributed by atoms with Crippen LogP contribution in [0.2, 0.25) is 0 Å².